The van der Waals surface area contributed by atoms with Crippen molar-refractivity contribution in [2.75, 3.05) is 0 Å². The Balaban J connectivity index is 2.29. The Hall–Kier alpha value is -1.11. The third-order valence-electron chi connectivity index (χ3n) is 3.15. The van der Waals surface area contributed by atoms with Gasteiger partial charge in [0.2, 0.25) is 10.0 Å². The molecule has 0 heterocycles. The zero-order chi connectivity index (χ0) is 14.2. The molecule has 19 heavy (non-hydrogen) atoms. The highest BCUT2D eigenvalue weighted by molar-refractivity contribution is 7.89. The van der Waals surface area contributed by atoms with E-state index < -0.39 is 16.0 Å². The first-order chi connectivity index (χ1) is 8.81. The predicted octanol–water partition coefficient (Wildman–Crippen LogP) is 2.12. The molecule has 1 fully saturated rings. The molecule has 1 atom stereocenters. The second kappa shape index (κ2) is 5.11. The SMILES string of the molecule is CC(NS(=O)(=O)c1ccc(Cl)c(C(=O)O)c1)C1CC1. The number of aromatic carboxylic acids is 1. The predicted molar refractivity (Wildman–Crippen MR) is 70.9 cm³/mol. The van der Waals surface area contributed by atoms with Crippen LogP contribution in [0.4, 0.5) is 0 Å². The van der Waals surface area contributed by atoms with Crippen LogP contribution in [0.25, 0.3) is 0 Å². The number of benzene rings is 1. The summed E-state index contributed by atoms with van der Waals surface area (Å²) in [6.45, 7) is 1.81. The van der Waals surface area contributed by atoms with E-state index in [1.54, 1.807) is 0 Å². The number of sulfonamides is 1. The minimum Gasteiger partial charge on any atom is -0.478 e. The highest BCUT2D eigenvalue weighted by Crippen LogP contribution is 2.33. The highest BCUT2D eigenvalue weighted by atomic mass is 35.5. The quantitative estimate of drug-likeness (QED) is 0.872. The summed E-state index contributed by atoms with van der Waals surface area (Å²) in [5, 5.41) is 8.95. The largest absolute Gasteiger partial charge is 0.478 e. The molecule has 1 saturated carbocycles. The summed E-state index contributed by atoms with van der Waals surface area (Å²) in [5.41, 5.74) is -0.219. The van der Waals surface area contributed by atoms with Gasteiger partial charge in [0.05, 0.1) is 15.5 Å². The Kier molecular flexibility index (Phi) is 3.85. The second-order valence-electron chi connectivity index (χ2n) is 4.69. The van der Waals surface area contributed by atoms with Crippen LogP contribution >= 0.6 is 11.6 Å². The Labute approximate surface area is 116 Å². The number of carbonyl (C=O) groups is 1. The summed E-state index contributed by atoms with van der Waals surface area (Å²) in [5.74, 6) is -0.877. The molecule has 2 N–H and O–H groups in total. The molecular formula is C12H14ClNO4S. The minimum absolute atomic E-state index is 0.0155. The molecule has 0 radical (unpaired) electrons. The fourth-order valence-electron chi connectivity index (χ4n) is 1.84. The van der Waals surface area contributed by atoms with E-state index in [0.717, 1.165) is 18.9 Å². The van der Waals surface area contributed by atoms with Gasteiger partial charge in [0.1, 0.15) is 0 Å². The third-order valence-corrected chi connectivity index (χ3v) is 5.03. The number of carboxylic acids is 1. The summed E-state index contributed by atoms with van der Waals surface area (Å²) in [6.07, 6.45) is 2.04. The molecule has 104 valence electrons. The monoisotopic (exact) mass is 303 g/mol. The molecule has 0 aliphatic heterocycles. The highest BCUT2D eigenvalue weighted by Gasteiger charge is 2.31. The summed E-state index contributed by atoms with van der Waals surface area (Å²) in [4.78, 5) is 10.9. The standard InChI is InChI=1S/C12H14ClNO4S/c1-7(8-2-3-8)14-19(17,18)9-4-5-11(13)10(6-9)12(15)16/h4-8,14H,2-3H2,1H3,(H,15,16). The summed E-state index contributed by atoms with van der Waals surface area (Å²) >= 11 is 5.71. The lowest BCUT2D eigenvalue weighted by molar-refractivity contribution is 0.0697. The van der Waals surface area contributed by atoms with Crippen LogP contribution in [0.3, 0.4) is 0 Å². The van der Waals surface area contributed by atoms with Crippen LogP contribution in [0.2, 0.25) is 5.02 Å². The molecule has 5 nitrogen and oxygen atoms in total. The summed E-state index contributed by atoms with van der Waals surface area (Å²) in [7, 11) is -3.71. The molecule has 1 aliphatic carbocycles. The van der Waals surface area contributed by atoms with Gasteiger partial charge in [-0.2, -0.15) is 0 Å². The first kappa shape index (κ1) is 14.3. The van der Waals surface area contributed by atoms with Crippen molar-refractivity contribution >= 4 is 27.6 Å². The van der Waals surface area contributed by atoms with Crippen molar-refractivity contribution in [1.82, 2.24) is 4.72 Å². The average Bonchev–Trinajstić information content (AvgIpc) is 3.11. The van der Waals surface area contributed by atoms with E-state index in [2.05, 4.69) is 4.72 Å². The van der Waals surface area contributed by atoms with Crippen molar-refractivity contribution in [2.45, 2.75) is 30.7 Å². The van der Waals surface area contributed by atoms with Crippen LogP contribution in [0.1, 0.15) is 30.1 Å². The van der Waals surface area contributed by atoms with E-state index >= 15 is 0 Å². The Morgan fingerprint density at radius 3 is 2.63 bits per heavy atom. The number of nitrogens with one attached hydrogen (secondary N) is 1. The molecule has 7 heteroatoms. The van der Waals surface area contributed by atoms with Crippen LogP contribution in [-0.2, 0) is 10.0 Å². The molecule has 1 aromatic carbocycles. The van der Waals surface area contributed by atoms with Crippen molar-refractivity contribution < 1.29 is 18.3 Å². The van der Waals surface area contributed by atoms with Crippen LogP contribution in [0.15, 0.2) is 23.1 Å². The Morgan fingerprint density at radius 1 is 1.47 bits per heavy atom. The normalized spacial score (nSPS) is 17.2. The second-order valence-corrected chi connectivity index (χ2v) is 6.82. The van der Waals surface area contributed by atoms with Gasteiger partial charge in [-0.1, -0.05) is 11.6 Å². The first-order valence-corrected chi connectivity index (χ1v) is 7.72. The first-order valence-electron chi connectivity index (χ1n) is 5.86. The fourth-order valence-corrected chi connectivity index (χ4v) is 3.38. The maximum absolute atomic E-state index is 12.1. The van der Waals surface area contributed by atoms with Gasteiger partial charge in [-0.15, -0.1) is 0 Å². The molecule has 1 aromatic rings. The van der Waals surface area contributed by atoms with Gasteiger partial charge in [-0.25, -0.2) is 17.9 Å². The zero-order valence-electron chi connectivity index (χ0n) is 10.3. The van der Waals surface area contributed by atoms with E-state index in [4.69, 9.17) is 16.7 Å². The van der Waals surface area contributed by atoms with Gasteiger partial charge in [0, 0.05) is 6.04 Å². The van der Waals surface area contributed by atoms with Crippen LogP contribution in [0, 0.1) is 5.92 Å². The maximum atomic E-state index is 12.1. The molecule has 0 amide bonds. The van der Waals surface area contributed by atoms with E-state index in [-0.39, 0.29) is 21.5 Å². The number of hydrogen-bond acceptors (Lipinski definition) is 3. The smallest absolute Gasteiger partial charge is 0.337 e. The summed E-state index contributed by atoms with van der Waals surface area (Å²) < 4.78 is 26.8. The molecule has 0 spiro atoms. The Bertz CT molecular complexity index is 610. The lowest BCUT2D eigenvalue weighted by atomic mass is 10.2. The molecule has 2 rings (SSSR count). The van der Waals surface area contributed by atoms with E-state index in [1.165, 1.54) is 12.1 Å². The van der Waals surface area contributed by atoms with Crippen molar-refractivity contribution in [1.29, 1.82) is 0 Å². The van der Waals surface area contributed by atoms with Gasteiger partial charge in [0.15, 0.2) is 0 Å². The minimum atomic E-state index is -3.71. The molecule has 0 bridgehead atoms. The van der Waals surface area contributed by atoms with Crippen LogP contribution < -0.4 is 4.72 Å². The number of halogens is 1. The van der Waals surface area contributed by atoms with Gasteiger partial charge in [-0.05, 0) is 43.9 Å². The van der Waals surface area contributed by atoms with Crippen molar-refractivity contribution in [3.8, 4) is 0 Å². The number of carboxylic acid groups (broad SMARTS) is 1. The van der Waals surface area contributed by atoms with Gasteiger partial charge < -0.3 is 5.11 Å². The van der Waals surface area contributed by atoms with Gasteiger partial charge >= 0.3 is 5.97 Å². The molecule has 1 unspecified atom stereocenters. The van der Waals surface area contributed by atoms with Crippen molar-refractivity contribution in [3.05, 3.63) is 28.8 Å². The van der Waals surface area contributed by atoms with Gasteiger partial charge in [-0.3, -0.25) is 0 Å². The summed E-state index contributed by atoms with van der Waals surface area (Å²) in [6, 6.07) is 3.51. The van der Waals surface area contributed by atoms with Crippen LogP contribution in [-0.4, -0.2) is 25.5 Å². The lowest BCUT2D eigenvalue weighted by Crippen LogP contribution is -2.34. The fraction of sp³-hybridized carbons (Fsp3) is 0.417. The average molecular weight is 304 g/mol. The zero-order valence-corrected chi connectivity index (χ0v) is 11.8. The topological polar surface area (TPSA) is 83.5 Å². The van der Waals surface area contributed by atoms with E-state index in [0.29, 0.717) is 5.92 Å². The number of rotatable bonds is 5. The molecular weight excluding hydrogens is 290 g/mol. The lowest BCUT2D eigenvalue weighted by Gasteiger charge is -2.13. The third kappa shape index (κ3) is 3.26. The maximum Gasteiger partial charge on any atom is 0.337 e. The van der Waals surface area contributed by atoms with E-state index in [1.807, 2.05) is 6.92 Å². The molecule has 0 aromatic heterocycles. The molecule has 1 aliphatic rings. The van der Waals surface area contributed by atoms with Crippen LogP contribution in [0.5, 0.6) is 0 Å². The van der Waals surface area contributed by atoms with Crippen molar-refractivity contribution in [2.24, 2.45) is 5.92 Å². The van der Waals surface area contributed by atoms with Gasteiger partial charge in [0.25, 0.3) is 0 Å². The Morgan fingerprint density at radius 2 is 2.11 bits per heavy atom. The molecule has 0 saturated heterocycles. The van der Waals surface area contributed by atoms with Crippen molar-refractivity contribution in [3.63, 3.8) is 0 Å². The number of hydrogen-bond donors (Lipinski definition) is 2. The van der Waals surface area contributed by atoms with E-state index in [9.17, 15) is 13.2 Å².